The Kier molecular flexibility index (Phi) is 7.52. The lowest BCUT2D eigenvalue weighted by molar-refractivity contribution is -0.146. The van der Waals surface area contributed by atoms with Gasteiger partial charge in [0.15, 0.2) is 5.75 Å². The summed E-state index contributed by atoms with van der Waals surface area (Å²) in [6.07, 6.45) is 4.52. The van der Waals surface area contributed by atoms with Crippen LogP contribution in [0.5, 0.6) is 11.5 Å². The number of carbonyl (C=O) groups excluding carboxylic acids is 2. The number of ketones is 1. The predicted octanol–water partition coefficient (Wildman–Crippen LogP) is 4.82. The molecular weight excluding hydrogens is 458 g/mol. The van der Waals surface area contributed by atoms with Gasteiger partial charge in [0.1, 0.15) is 29.5 Å². The largest absolute Gasteiger partial charge is 0.497 e. The van der Waals surface area contributed by atoms with E-state index < -0.39 is 11.6 Å². The average Bonchev–Trinajstić information content (AvgIpc) is 2.82. The van der Waals surface area contributed by atoms with Gasteiger partial charge in [0.25, 0.3) is 0 Å². The number of pyridine rings is 1. The standard InChI is InChI=1S/C28H37N3O5/c1-17(32)12-19-13-18(6-8-21(19)25(29)27(33)36-28(2,3)4)16-31-10-11-35-24-15-30-23-9-7-20(34-5)14-22(23)26(24)31/h7,9,14-15,18-19,21,29H,6,8,10-13,16H2,1-5H3/t18-,19+,21?/m0/s1. The fourth-order valence-corrected chi connectivity index (χ4v) is 5.56. The Bertz CT molecular complexity index is 1150. The topological polar surface area (TPSA) is 102 Å². The van der Waals surface area contributed by atoms with E-state index in [-0.39, 0.29) is 23.3 Å². The first kappa shape index (κ1) is 25.9. The van der Waals surface area contributed by atoms with Crippen molar-refractivity contribution in [1.82, 2.24) is 4.98 Å². The molecule has 4 rings (SSSR count). The van der Waals surface area contributed by atoms with Gasteiger partial charge in [-0.05, 0) is 77.0 Å². The normalized spacial score (nSPS) is 21.9. The zero-order valence-electron chi connectivity index (χ0n) is 21.9. The van der Waals surface area contributed by atoms with Gasteiger partial charge >= 0.3 is 5.97 Å². The maximum Gasteiger partial charge on any atom is 0.352 e. The molecule has 1 fully saturated rings. The van der Waals surface area contributed by atoms with Gasteiger partial charge in [-0.25, -0.2) is 4.79 Å². The quantitative estimate of drug-likeness (QED) is 0.434. The molecule has 8 nitrogen and oxygen atoms in total. The molecule has 0 radical (unpaired) electrons. The molecule has 0 bridgehead atoms. The number of benzene rings is 1. The molecule has 1 N–H and O–H groups in total. The lowest BCUT2D eigenvalue weighted by Gasteiger charge is -2.40. The molecular formula is C28H37N3O5. The molecule has 2 aliphatic rings. The Morgan fingerprint density at radius 3 is 2.72 bits per heavy atom. The lowest BCUT2D eigenvalue weighted by Crippen LogP contribution is -2.42. The van der Waals surface area contributed by atoms with E-state index in [0.717, 1.165) is 54.0 Å². The first-order chi connectivity index (χ1) is 17.1. The summed E-state index contributed by atoms with van der Waals surface area (Å²) in [4.78, 5) is 31.7. The molecule has 3 atom stereocenters. The van der Waals surface area contributed by atoms with Crippen molar-refractivity contribution >= 4 is 34.1 Å². The number of methoxy groups -OCH3 is 1. The van der Waals surface area contributed by atoms with Crippen LogP contribution in [0.3, 0.4) is 0 Å². The third-order valence-electron chi connectivity index (χ3n) is 7.06. The predicted molar refractivity (Wildman–Crippen MR) is 139 cm³/mol. The summed E-state index contributed by atoms with van der Waals surface area (Å²) in [5.74, 6) is 1.07. The highest BCUT2D eigenvalue weighted by Gasteiger charge is 2.38. The van der Waals surface area contributed by atoms with Crippen LogP contribution in [-0.4, -0.2) is 54.9 Å². The van der Waals surface area contributed by atoms with E-state index in [1.54, 1.807) is 41.0 Å². The van der Waals surface area contributed by atoms with Crippen LogP contribution in [0.25, 0.3) is 10.9 Å². The first-order valence-electron chi connectivity index (χ1n) is 12.7. The van der Waals surface area contributed by atoms with Crippen LogP contribution in [-0.2, 0) is 14.3 Å². The van der Waals surface area contributed by atoms with Gasteiger partial charge in [0, 0.05) is 24.3 Å². The highest BCUT2D eigenvalue weighted by molar-refractivity contribution is 6.36. The third-order valence-corrected chi connectivity index (χ3v) is 7.06. The van der Waals surface area contributed by atoms with Crippen LogP contribution in [0, 0.1) is 23.2 Å². The van der Waals surface area contributed by atoms with Crippen LogP contribution in [0.4, 0.5) is 5.69 Å². The molecule has 8 heteroatoms. The fraction of sp³-hybridized carbons (Fsp3) is 0.571. The number of nitrogens with one attached hydrogen (secondary N) is 1. The molecule has 1 unspecified atom stereocenters. The number of carbonyl (C=O) groups is 2. The third kappa shape index (κ3) is 5.79. The summed E-state index contributed by atoms with van der Waals surface area (Å²) >= 11 is 0. The Labute approximate surface area is 212 Å². The van der Waals surface area contributed by atoms with Gasteiger partial charge in [0.2, 0.25) is 0 Å². The van der Waals surface area contributed by atoms with Crippen molar-refractivity contribution in [2.75, 3.05) is 31.7 Å². The van der Waals surface area contributed by atoms with E-state index in [0.29, 0.717) is 25.4 Å². The second-order valence-electron chi connectivity index (χ2n) is 11.0. The fourth-order valence-electron chi connectivity index (χ4n) is 5.56. The van der Waals surface area contributed by atoms with Gasteiger partial charge in [0.05, 0.1) is 31.1 Å². The van der Waals surface area contributed by atoms with Crippen LogP contribution in [0.2, 0.25) is 0 Å². The molecule has 2 aromatic rings. The van der Waals surface area contributed by atoms with Crippen LogP contribution in [0.1, 0.15) is 53.4 Å². The number of hydrogen-bond acceptors (Lipinski definition) is 8. The molecule has 0 saturated heterocycles. The molecule has 1 aromatic carbocycles. The van der Waals surface area contributed by atoms with Crippen LogP contribution < -0.4 is 14.4 Å². The van der Waals surface area contributed by atoms with Crippen LogP contribution in [0.15, 0.2) is 24.4 Å². The van der Waals surface area contributed by atoms with E-state index in [4.69, 9.17) is 19.6 Å². The van der Waals surface area contributed by atoms with E-state index in [1.165, 1.54) is 0 Å². The highest BCUT2D eigenvalue weighted by atomic mass is 16.6. The van der Waals surface area contributed by atoms with E-state index >= 15 is 0 Å². The summed E-state index contributed by atoms with van der Waals surface area (Å²) in [5.41, 5.74) is 1.25. The number of aromatic nitrogens is 1. The number of hydrogen-bond donors (Lipinski definition) is 1. The van der Waals surface area contributed by atoms with E-state index in [2.05, 4.69) is 9.88 Å². The van der Waals surface area contributed by atoms with E-state index in [9.17, 15) is 9.59 Å². The van der Waals surface area contributed by atoms with Crippen molar-refractivity contribution in [1.29, 1.82) is 5.41 Å². The molecule has 1 aliphatic heterocycles. The molecule has 0 amide bonds. The Morgan fingerprint density at radius 1 is 1.25 bits per heavy atom. The van der Waals surface area contributed by atoms with Crippen molar-refractivity contribution < 1.29 is 23.8 Å². The van der Waals surface area contributed by atoms with Gasteiger partial charge in [-0.2, -0.15) is 0 Å². The molecule has 1 saturated carbocycles. The first-order valence-corrected chi connectivity index (χ1v) is 12.7. The van der Waals surface area contributed by atoms with Crippen molar-refractivity contribution in [2.45, 2.75) is 59.0 Å². The monoisotopic (exact) mass is 495 g/mol. The second kappa shape index (κ2) is 10.4. The number of Topliss-reactive ketones (excluding diaryl/α,β-unsaturated/α-hetero) is 1. The minimum atomic E-state index is -0.652. The number of rotatable bonds is 7. The lowest BCUT2D eigenvalue weighted by atomic mass is 9.70. The molecule has 36 heavy (non-hydrogen) atoms. The van der Waals surface area contributed by atoms with E-state index in [1.807, 2.05) is 18.2 Å². The molecule has 1 aromatic heterocycles. The van der Waals surface area contributed by atoms with Crippen LogP contribution >= 0.6 is 0 Å². The zero-order valence-corrected chi connectivity index (χ0v) is 21.9. The van der Waals surface area contributed by atoms with Gasteiger partial charge in [-0.15, -0.1) is 0 Å². The van der Waals surface area contributed by atoms with Crippen molar-refractivity contribution in [3.8, 4) is 11.5 Å². The Balaban J connectivity index is 1.54. The maximum atomic E-state index is 12.6. The summed E-state index contributed by atoms with van der Waals surface area (Å²) in [6, 6.07) is 5.86. The van der Waals surface area contributed by atoms with Crippen molar-refractivity contribution in [3.63, 3.8) is 0 Å². The van der Waals surface area contributed by atoms with Crippen molar-refractivity contribution in [2.24, 2.45) is 17.8 Å². The Hall–Kier alpha value is -3.16. The SMILES string of the molecule is COc1ccc2ncc3c(c2c1)N(C[C@H]1CCC(C(=N)C(=O)OC(C)(C)C)[C@H](CC(C)=O)C1)CCO3. The number of anilines is 1. The second-order valence-corrected chi connectivity index (χ2v) is 11.0. The number of ether oxygens (including phenoxy) is 3. The average molecular weight is 496 g/mol. The Morgan fingerprint density at radius 2 is 2.03 bits per heavy atom. The van der Waals surface area contributed by atoms with Gasteiger partial charge in [-0.3, -0.25) is 10.4 Å². The summed E-state index contributed by atoms with van der Waals surface area (Å²) in [7, 11) is 1.65. The minimum Gasteiger partial charge on any atom is -0.497 e. The summed E-state index contributed by atoms with van der Waals surface area (Å²) < 4.78 is 16.9. The highest BCUT2D eigenvalue weighted by Crippen LogP contribution is 2.42. The molecule has 194 valence electrons. The molecule has 2 heterocycles. The minimum absolute atomic E-state index is 0.00416. The smallest absolute Gasteiger partial charge is 0.352 e. The van der Waals surface area contributed by atoms with Gasteiger partial charge in [-0.1, -0.05) is 0 Å². The number of nitrogens with zero attached hydrogens (tertiary/aromatic N) is 2. The summed E-state index contributed by atoms with van der Waals surface area (Å²) in [6.45, 7) is 9.15. The van der Waals surface area contributed by atoms with Gasteiger partial charge < -0.3 is 23.9 Å². The summed E-state index contributed by atoms with van der Waals surface area (Å²) in [5, 5.41) is 9.55. The number of fused-ring (bicyclic) bond motifs is 3. The maximum absolute atomic E-state index is 12.6. The number of esters is 1. The molecule has 1 aliphatic carbocycles. The van der Waals surface area contributed by atoms with Crippen molar-refractivity contribution in [3.05, 3.63) is 24.4 Å². The molecule has 0 spiro atoms. The zero-order chi connectivity index (χ0) is 26.0.